The van der Waals surface area contributed by atoms with E-state index in [0.29, 0.717) is 13.0 Å². The van der Waals surface area contributed by atoms with Crippen molar-refractivity contribution >= 4 is 0 Å². The van der Waals surface area contributed by atoms with E-state index in [0.717, 1.165) is 32.4 Å². The van der Waals surface area contributed by atoms with E-state index < -0.39 is 22.7 Å². The van der Waals surface area contributed by atoms with Crippen molar-refractivity contribution in [1.29, 1.82) is 0 Å². The fraction of sp³-hybridized carbons (Fsp3) is 1.00. The van der Waals surface area contributed by atoms with Crippen LogP contribution >= 0.6 is 0 Å². The molecule has 1 heterocycles. The fourth-order valence-corrected chi connectivity index (χ4v) is 11.0. The fourth-order valence-electron chi connectivity index (χ4n) is 11.0. The molecule has 5 aliphatic carbocycles. The molecular weight excluding hydrogens is 426 g/mol. The minimum atomic E-state index is -1.70. The van der Waals surface area contributed by atoms with Gasteiger partial charge in [0.25, 0.3) is 0 Å². The van der Waals surface area contributed by atoms with Crippen molar-refractivity contribution in [2.75, 3.05) is 48.1 Å². The summed E-state index contributed by atoms with van der Waals surface area (Å²) in [5.41, 5.74) is -3.99. The Bertz CT molecular complexity index is 814. The molecule has 0 radical (unpaired) electrons. The van der Waals surface area contributed by atoms with E-state index in [4.69, 9.17) is 18.9 Å². The lowest BCUT2D eigenvalue weighted by atomic mass is 9.42. The first-order chi connectivity index (χ1) is 15.8. The Balaban J connectivity index is 1.66. The summed E-state index contributed by atoms with van der Waals surface area (Å²) < 4.78 is 24.0. The zero-order valence-corrected chi connectivity index (χ0v) is 20.6. The number of likely N-dealkylation sites (N-methyl/N-ethyl adjacent to an activating group) is 1. The summed E-state index contributed by atoms with van der Waals surface area (Å²) in [5.74, 6) is -0.274. The monoisotopic (exact) mass is 467 g/mol. The third-order valence-electron chi connectivity index (χ3n) is 11.5. The van der Waals surface area contributed by atoms with Gasteiger partial charge in [0, 0.05) is 70.0 Å². The van der Waals surface area contributed by atoms with E-state index in [2.05, 4.69) is 11.8 Å². The quantitative estimate of drug-likeness (QED) is 0.512. The maximum Gasteiger partial charge on any atom is 0.136 e. The van der Waals surface area contributed by atoms with Crippen LogP contribution in [0.25, 0.3) is 0 Å². The maximum absolute atomic E-state index is 12.8. The molecule has 0 amide bonds. The van der Waals surface area contributed by atoms with Gasteiger partial charge in [-0.3, -0.25) is 4.90 Å². The van der Waals surface area contributed by atoms with Crippen LogP contribution in [0.5, 0.6) is 0 Å². The molecule has 0 aromatic rings. The summed E-state index contributed by atoms with van der Waals surface area (Å²) in [4.78, 5) is 2.33. The molecule has 33 heavy (non-hydrogen) atoms. The number of aliphatic hydroxyl groups excluding tert-OH is 1. The Hall–Kier alpha value is -0.320. The second-order valence-electron chi connectivity index (χ2n) is 11.9. The van der Waals surface area contributed by atoms with Crippen molar-refractivity contribution < 1.29 is 34.3 Å². The van der Waals surface area contributed by atoms with Crippen LogP contribution in [0.4, 0.5) is 0 Å². The van der Waals surface area contributed by atoms with Crippen LogP contribution in [0.1, 0.15) is 32.6 Å². The third kappa shape index (κ3) is 2.20. The molecule has 188 valence electrons. The third-order valence-corrected chi connectivity index (χ3v) is 11.5. The summed E-state index contributed by atoms with van der Waals surface area (Å²) in [5, 5.41) is 37.5. The number of rotatable bonds is 6. The molecule has 0 aromatic carbocycles. The Labute approximate surface area is 196 Å². The lowest BCUT2D eigenvalue weighted by Crippen LogP contribution is -2.82. The summed E-state index contributed by atoms with van der Waals surface area (Å²) in [7, 11) is 6.88. The predicted molar refractivity (Wildman–Crippen MR) is 119 cm³/mol. The first-order valence-electron chi connectivity index (χ1n) is 12.7. The predicted octanol–water partition coefficient (Wildman–Crippen LogP) is 0.271. The zero-order valence-electron chi connectivity index (χ0n) is 20.6. The van der Waals surface area contributed by atoms with Gasteiger partial charge in [0.15, 0.2) is 0 Å². The normalized spacial score (nSPS) is 60.9. The second kappa shape index (κ2) is 7.13. The van der Waals surface area contributed by atoms with Gasteiger partial charge in [-0.1, -0.05) is 6.92 Å². The average molecular weight is 468 g/mol. The average Bonchev–Trinajstić information content (AvgIpc) is 3.21. The van der Waals surface area contributed by atoms with E-state index in [1.165, 1.54) is 0 Å². The smallest absolute Gasteiger partial charge is 0.136 e. The SMILES string of the molecule is CCN1CC2(COC)CCC(OC)C34C5CC6C(OC)CC(O)(C5C6OC)C(O)(C(O)C23)C14. The highest BCUT2D eigenvalue weighted by Crippen LogP contribution is 2.80. The van der Waals surface area contributed by atoms with Crippen LogP contribution in [0, 0.1) is 34.5 Å². The van der Waals surface area contributed by atoms with Gasteiger partial charge in [-0.2, -0.15) is 0 Å². The van der Waals surface area contributed by atoms with Gasteiger partial charge in [0.2, 0.25) is 0 Å². The van der Waals surface area contributed by atoms with Crippen LogP contribution < -0.4 is 0 Å². The van der Waals surface area contributed by atoms with Crippen LogP contribution in [-0.4, -0.2) is 110 Å². The van der Waals surface area contributed by atoms with E-state index in [1.54, 1.807) is 28.4 Å². The number of ether oxygens (including phenoxy) is 4. The molecule has 6 rings (SSSR count). The van der Waals surface area contributed by atoms with Gasteiger partial charge in [-0.15, -0.1) is 0 Å². The summed E-state index contributed by atoms with van der Waals surface area (Å²) in [6.45, 7) is 4.12. The molecule has 7 bridgehead atoms. The Morgan fingerprint density at radius 3 is 2.42 bits per heavy atom. The lowest BCUT2D eigenvalue weighted by molar-refractivity contribution is -0.319. The number of hydrogen-bond donors (Lipinski definition) is 3. The van der Waals surface area contributed by atoms with Crippen molar-refractivity contribution in [2.24, 2.45) is 34.5 Å². The molecule has 13 unspecified atom stereocenters. The molecule has 8 heteroatoms. The Morgan fingerprint density at radius 1 is 1.06 bits per heavy atom. The van der Waals surface area contributed by atoms with Gasteiger partial charge in [0.05, 0.1) is 37.1 Å². The topological polar surface area (TPSA) is 101 Å². The minimum Gasteiger partial charge on any atom is -0.390 e. The molecule has 1 saturated heterocycles. The van der Waals surface area contributed by atoms with Gasteiger partial charge in [-0.25, -0.2) is 0 Å². The van der Waals surface area contributed by atoms with Gasteiger partial charge >= 0.3 is 0 Å². The van der Waals surface area contributed by atoms with Crippen LogP contribution in [0.2, 0.25) is 0 Å². The van der Waals surface area contributed by atoms with Crippen molar-refractivity contribution in [3.05, 3.63) is 0 Å². The van der Waals surface area contributed by atoms with E-state index in [9.17, 15) is 15.3 Å². The zero-order chi connectivity index (χ0) is 23.6. The van der Waals surface area contributed by atoms with Gasteiger partial charge < -0.3 is 34.3 Å². The van der Waals surface area contributed by atoms with E-state index in [-0.39, 0.29) is 53.4 Å². The van der Waals surface area contributed by atoms with Crippen molar-refractivity contribution in [2.45, 2.75) is 74.3 Å². The van der Waals surface area contributed by atoms with E-state index >= 15 is 0 Å². The minimum absolute atomic E-state index is 0.0563. The largest absolute Gasteiger partial charge is 0.390 e. The standard InChI is InChI=1S/C25H41NO7/c1-6-26-11-22(12-30-2)8-7-16(32-4)24-14-9-13-15(31-3)10-23(28,17(14)18(13)33-5)25(29,21(24)26)20(27)19(22)24/h13-21,27-29H,6-12H2,1-5H3. The molecule has 0 aromatic heterocycles. The highest BCUT2D eigenvalue weighted by Gasteiger charge is 2.91. The van der Waals surface area contributed by atoms with Crippen LogP contribution in [-0.2, 0) is 18.9 Å². The van der Waals surface area contributed by atoms with Crippen LogP contribution in [0.3, 0.4) is 0 Å². The van der Waals surface area contributed by atoms with Gasteiger partial charge in [0.1, 0.15) is 11.2 Å². The molecule has 5 saturated carbocycles. The highest BCUT2D eigenvalue weighted by atomic mass is 16.5. The Morgan fingerprint density at radius 2 is 1.82 bits per heavy atom. The van der Waals surface area contributed by atoms with E-state index in [1.807, 2.05) is 0 Å². The van der Waals surface area contributed by atoms with Crippen LogP contribution in [0.15, 0.2) is 0 Å². The molecule has 6 aliphatic rings. The number of likely N-dealkylation sites (tertiary alicyclic amines) is 1. The molecule has 3 N–H and O–H groups in total. The summed E-state index contributed by atoms with van der Waals surface area (Å²) in [6.07, 6.45) is 1.27. The van der Waals surface area contributed by atoms with Crippen molar-refractivity contribution in [1.82, 2.24) is 4.90 Å². The molecule has 6 fully saturated rings. The molecule has 1 spiro atoms. The molecule has 8 nitrogen and oxygen atoms in total. The molecular formula is C25H41NO7. The number of hydrogen-bond acceptors (Lipinski definition) is 8. The molecule has 1 aliphatic heterocycles. The number of methoxy groups -OCH3 is 4. The number of nitrogens with zero attached hydrogens (tertiary/aromatic N) is 1. The van der Waals surface area contributed by atoms with Crippen molar-refractivity contribution in [3.63, 3.8) is 0 Å². The summed E-state index contributed by atoms with van der Waals surface area (Å²) in [6, 6.07) is -0.386. The lowest BCUT2D eigenvalue weighted by Gasteiger charge is -2.70. The first kappa shape index (κ1) is 23.1. The number of piperidine rings is 1. The summed E-state index contributed by atoms with van der Waals surface area (Å²) >= 11 is 0. The highest BCUT2D eigenvalue weighted by molar-refractivity contribution is 5.41. The Kier molecular flexibility index (Phi) is 4.99. The van der Waals surface area contributed by atoms with Crippen molar-refractivity contribution in [3.8, 4) is 0 Å². The van der Waals surface area contributed by atoms with Gasteiger partial charge in [-0.05, 0) is 31.7 Å². The first-order valence-corrected chi connectivity index (χ1v) is 12.7. The molecule has 13 atom stereocenters. The maximum atomic E-state index is 12.8. The number of fused-ring (bicyclic) bond motifs is 2. The number of aliphatic hydroxyl groups is 3. The second-order valence-corrected chi connectivity index (χ2v) is 11.9.